The van der Waals surface area contributed by atoms with Crippen molar-refractivity contribution in [1.29, 1.82) is 0 Å². The van der Waals surface area contributed by atoms with Gasteiger partial charge in [-0.15, -0.1) is 0 Å². The summed E-state index contributed by atoms with van der Waals surface area (Å²) in [6.45, 7) is 7.11. The molecule has 92 valence electrons. The van der Waals surface area contributed by atoms with Crippen LogP contribution in [0.4, 0.5) is 0 Å². The highest BCUT2D eigenvalue weighted by molar-refractivity contribution is 5.11. The molecular weight excluding hydrogens is 204 g/mol. The number of aliphatic hydroxyl groups is 1. The molecule has 1 aliphatic carbocycles. The number of aliphatic hydroxyl groups excluding tert-OH is 1. The summed E-state index contributed by atoms with van der Waals surface area (Å²) >= 11 is 0. The van der Waals surface area contributed by atoms with Crippen LogP contribution in [0, 0.1) is 11.8 Å². The van der Waals surface area contributed by atoms with E-state index in [1.807, 2.05) is 0 Å². The lowest BCUT2D eigenvalue weighted by molar-refractivity contribution is -0.218. The molecule has 0 aromatic rings. The molecule has 0 aromatic carbocycles. The molecule has 1 spiro atoms. The first kappa shape index (κ1) is 12.1. The maximum absolute atomic E-state index is 9.15. The minimum Gasteiger partial charge on any atom is -0.394 e. The van der Waals surface area contributed by atoms with Crippen molar-refractivity contribution in [2.75, 3.05) is 13.2 Å². The zero-order valence-corrected chi connectivity index (χ0v) is 10.4. The van der Waals surface area contributed by atoms with E-state index in [0.717, 1.165) is 12.8 Å². The fourth-order valence-electron chi connectivity index (χ4n) is 2.84. The van der Waals surface area contributed by atoms with E-state index in [9.17, 15) is 0 Å². The molecule has 1 saturated heterocycles. The molecule has 2 aliphatic rings. The molecule has 0 radical (unpaired) electrons. The normalized spacial score (nSPS) is 39.4. The highest BCUT2D eigenvalue weighted by atomic mass is 16.7. The van der Waals surface area contributed by atoms with Crippen molar-refractivity contribution in [2.24, 2.45) is 11.8 Å². The molecule has 3 atom stereocenters. The molecule has 0 aromatic heterocycles. The lowest BCUT2D eigenvalue weighted by Crippen LogP contribution is -2.44. The first-order valence-electron chi connectivity index (χ1n) is 6.15. The van der Waals surface area contributed by atoms with Gasteiger partial charge in [-0.1, -0.05) is 25.5 Å². The van der Waals surface area contributed by atoms with Gasteiger partial charge in [0, 0.05) is 12.3 Å². The van der Waals surface area contributed by atoms with E-state index in [-0.39, 0.29) is 12.7 Å². The molecule has 3 nitrogen and oxygen atoms in total. The van der Waals surface area contributed by atoms with E-state index >= 15 is 0 Å². The maximum atomic E-state index is 9.15. The van der Waals surface area contributed by atoms with Gasteiger partial charge in [-0.25, -0.2) is 0 Å². The molecule has 0 saturated carbocycles. The molecule has 0 amide bonds. The zero-order chi connectivity index (χ0) is 11.8. The molecular formula is C13H22O3. The predicted octanol–water partition coefficient (Wildman–Crippen LogP) is 2.10. The Balaban J connectivity index is 2.19. The Hall–Kier alpha value is -0.380. The van der Waals surface area contributed by atoms with Crippen molar-refractivity contribution in [3.05, 3.63) is 11.6 Å². The molecule has 1 heterocycles. The van der Waals surface area contributed by atoms with Gasteiger partial charge < -0.3 is 14.6 Å². The zero-order valence-electron chi connectivity index (χ0n) is 10.4. The quantitative estimate of drug-likeness (QED) is 0.733. The Morgan fingerprint density at radius 2 is 2.31 bits per heavy atom. The van der Waals surface area contributed by atoms with E-state index in [1.165, 1.54) is 5.57 Å². The largest absolute Gasteiger partial charge is 0.394 e. The Kier molecular flexibility index (Phi) is 3.38. The lowest BCUT2D eigenvalue weighted by atomic mass is 9.77. The number of allylic oxidation sites excluding steroid dienone is 1. The monoisotopic (exact) mass is 226 g/mol. The first-order chi connectivity index (χ1) is 7.57. The molecule has 3 heteroatoms. The fraction of sp³-hybridized carbons (Fsp3) is 0.846. The Bertz CT molecular complexity index is 285. The minimum absolute atomic E-state index is 0.0509. The summed E-state index contributed by atoms with van der Waals surface area (Å²) in [7, 11) is 0. The van der Waals surface area contributed by atoms with Gasteiger partial charge in [-0.05, 0) is 19.3 Å². The highest BCUT2D eigenvalue weighted by Crippen LogP contribution is 2.44. The van der Waals surface area contributed by atoms with Crippen LogP contribution in [0.5, 0.6) is 0 Å². The SMILES string of the molecule is CC1=CC[C@@H](C(C)C)[C@@]2(C1)OCC(CO)O2. The van der Waals surface area contributed by atoms with Crippen LogP contribution in [0.25, 0.3) is 0 Å². The van der Waals surface area contributed by atoms with E-state index < -0.39 is 5.79 Å². The van der Waals surface area contributed by atoms with Gasteiger partial charge in [0.15, 0.2) is 5.79 Å². The van der Waals surface area contributed by atoms with Crippen molar-refractivity contribution in [3.63, 3.8) is 0 Å². The van der Waals surface area contributed by atoms with E-state index in [2.05, 4.69) is 26.8 Å². The van der Waals surface area contributed by atoms with Gasteiger partial charge in [0.05, 0.1) is 13.2 Å². The summed E-state index contributed by atoms with van der Waals surface area (Å²) in [5, 5.41) is 9.15. The van der Waals surface area contributed by atoms with Gasteiger partial charge in [0.25, 0.3) is 0 Å². The summed E-state index contributed by atoms with van der Waals surface area (Å²) in [4.78, 5) is 0. The Labute approximate surface area is 97.4 Å². The second-order valence-corrected chi connectivity index (χ2v) is 5.36. The van der Waals surface area contributed by atoms with Crippen molar-refractivity contribution >= 4 is 0 Å². The van der Waals surface area contributed by atoms with Crippen LogP contribution in [0.2, 0.25) is 0 Å². The summed E-state index contributed by atoms with van der Waals surface area (Å²) < 4.78 is 11.9. The molecule has 0 bridgehead atoms. The van der Waals surface area contributed by atoms with E-state index in [0.29, 0.717) is 18.4 Å². The van der Waals surface area contributed by atoms with Crippen molar-refractivity contribution < 1.29 is 14.6 Å². The van der Waals surface area contributed by atoms with E-state index in [1.54, 1.807) is 0 Å². The van der Waals surface area contributed by atoms with Gasteiger partial charge in [0.1, 0.15) is 6.10 Å². The van der Waals surface area contributed by atoms with Crippen LogP contribution in [0.1, 0.15) is 33.6 Å². The number of hydrogen-bond donors (Lipinski definition) is 1. The summed E-state index contributed by atoms with van der Waals surface area (Å²) in [6, 6.07) is 0. The highest BCUT2D eigenvalue weighted by Gasteiger charge is 2.49. The second-order valence-electron chi connectivity index (χ2n) is 5.36. The van der Waals surface area contributed by atoms with Gasteiger partial charge in [-0.2, -0.15) is 0 Å². The Morgan fingerprint density at radius 1 is 1.56 bits per heavy atom. The van der Waals surface area contributed by atoms with Crippen LogP contribution < -0.4 is 0 Å². The maximum Gasteiger partial charge on any atom is 0.175 e. The average Bonchev–Trinajstić information content (AvgIpc) is 2.61. The lowest BCUT2D eigenvalue weighted by Gasteiger charge is -2.41. The molecule has 1 N–H and O–H groups in total. The third kappa shape index (κ3) is 2.04. The molecule has 1 fully saturated rings. The average molecular weight is 226 g/mol. The Morgan fingerprint density at radius 3 is 2.88 bits per heavy atom. The van der Waals surface area contributed by atoms with Crippen LogP contribution >= 0.6 is 0 Å². The standard InChI is InChI=1S/C13H22O3/c1-9(2)12-5-4-10(3)6-13(12)15-8-11(7-14)16-13/h4,9,11-12,14H,5-8H2,1-3H3/t11?,12-,13-/m0/s1. The summed E-state index contributed by atoms with van der Waals surface area (Å²) in [5.41, 5.74) is 1.33. The third-order valence-electron chi connectivity index (χ3n) is 3.70. The van der Waals surface area contributed by atoms with Gasteiger partial charge >= 0.3 is 0 Å². The van der Waals surface area contributed by atoms with Crippen molar-refractivity contribution in [3.8, 4) is 0 Å². The summed E-state index contributed by atoms with van der Waals surface area (Å²) in [5.74, 6) is 0.454. The number of ether oxygens (including phenoxy) is 2. The van der Waals surface area contributed by atoms with Crippen LogP contribution in [0.3, 0.4) is 0 Å². The molecule has 16 heavy (non-hydrogen) atoms. The fourth-order valence-corrected chi connectivity index (χ4v) is 2.84. The van der Waals surface area contributed by atoms with Crippen molar-refractivity contribution in [2.45, 2.75) is 45.5 Å². The minimum atomic E-state index is -0.472. The van der Waals surface area contributed by atoms with Crippen molar-refractivity contribution in [1.82, 2.24) is 0 Å². The molecule has 1 aliphatic heterocycles. The smallest absolute Gasteiger partial charge is 0.175 e. The first-order valence-corrected chi connectivity index (χ1v) is 6.15. The topological polar surface area (TPSA) is 38.7 Å². The van der Waals surface area contributed by atoms with Crippen LogP contribution in [-0.2, 0) is 9.47 Å². The molecule has 1 unspecified atom stereocenters. The third-order valence-corrected chi connectivity index (χ3v) is 3.70. The predicted molar refractivity (Wildman–Crippen MR) is 62.0 cm³/mol. The summed E-state index contributed by atoms with van der Waals surface area (Å²) in [6.07, 6.45) is 4.00. The van der Waals surface area contributed by atoms with E-state index in [4.69, 9.17) is 14.6 Å². The number of rotatable bonds is 2. The van der Waals surface area contributed by atoms with Gasteiger partial charge in [0.2, 0.25) is 0 Å². The molecule has 2 rings (SSSR count). The van der Waals surface area contributed by atoms with Gasteiger partial charge in [-0.3, -0.25) is 0 Å². The number of hydrogen-bond acceptors (Lipinski definition) is 3. The van der Waals surface area contributed by atoms with Crippen LogP contribution in [-0.4, -0.2) is 30.2 Å². The van der Waals surface area contributed by atoms with Crippen LogP contribution in [0.15, 0.2) is 11.6 Å². The second kappa shape index (κ2) is 4.47.